The summed E-state index contributed by atoms with van der Waals surface area (Å²) in [7, 11) is 0. The minimum Gasteiger partial charge on any atom is -0.372 e. The molecule has 0 unspecified atom stereocenters. The summed E-state index contributed by atoms with van der Waals surface area (Å²) < 4.78 is 0.676. The Morgan fingerprint density at radius 2 is 1.85 bits per heavy atom. The lowest BCUT2D eigenvalue weighted by Crippen LogP contribution is -2.24. The van der Waals surface area contributed by atoms with Gasteiger partial charge in [-0.15, -0.1) is 0 Å². The average Bonchev–Trinajstić information content (AvgIpc) is 2.47. The first-order valence-corrected chi connectivity index (χ1v) is 8.56. The van der Waals surface area contributed by atoms with Crippen LogP contribution in [0.15, 0.2) is 29.4 Å². The van der Waals surface area contributed by atoms with E-state index >= 15 is 0 Å². The molecule has 0 atom stereocenters. The fourth-order valence-electron chi connectivity index (χ4n) is 1.89. The molecule has 0 aromatic heterocycles. The molecule has 1 aromatic rings. The number of nitrogens with zero attached hydrogens (tertiary/aromatic N) is 2. The zero-order valence-corrected chi connectivity index (χ0v) is 14.1. The number of thioether (sulfide) groups is 1. The third-order valence-electron chi connectivity index (χ3n) is 2.80. The van der Waals surface area contributed by atoms with Gasteiger partial charge in [-0.1, -0.05) is 50.0 Å². The molecule has 1 aromatic carbocycles. The molecule has 0 fully saturated rings. The van der Waals surface area contributed by atoms with Gasteiger partial charge >= 0.3 is 0 Å². The minimum atomic E-state index is 0.676. The lowest BCUT2D eigenvalue weighted by atomic mass is 10.2. The molecule has 0 radical (unpaired) electrons. The fourth-order valence-corrected chi connectivity index (χ4v) is 2.08. The largest absolute Gasteiger partial charge is 0.372 e. The van der Waals surface area contributed by atoms with Crippen LogP contribution in [0, 0.1) is 0 Å². The summed E-state index contributed by atoms with van der Waals surface area (Å²) in [6.45, 7) is 6.63. The molecule has 0 aliphatic heterocycles. The van der Waals surface area contributed by atoms with Crippen molar-refractivity contribution in [2.24, 2.45) is 5.10 Å². The van der Waals surface area contributed by atoms with Crippen LogP contribution < -0.4 is 10.3 Å². The van der Waals surface area contributed by atoms with Crippen LogP contribution in [0.5, 0.6) is 0 Å². The predicted molar refractivity (Wildman–Crippen MR) is 96.1 cm³/mol. The van der Waals surface area contributed by atoms with E-state index in [-0.39, 0.29) is 0 Å². The van der Waals surface area contributed by atoms with Gasteiger partial charge in [0.2, 0.25) is 0 Å². The molecular weight excluding hydrogens is 286 g/mol. The van der Waals surface area contributed by atoms with Crippen LogP contribution in [0.4, 0.5) is 5.69 Å². The van der Waals surface area contributed by atoms with Gasteiger partial charge in [-0.25, -0.2) is 0 Å². The summed E-state index contributed by atoms with van der Waals surface area (Å²) in [4.78, 5) is 2.42. The number of anilines is 1. The van der Waals surface area contributed by atoms with Crippen LogP contribution >= 0.6 is 24.0 Å². The monoisotopic (exact) mass is 309 g/mol. The maximum atomic E-state index is 5.02. The van der Waals surface area contributed by atoms with Gasteiger partial charge in [0.1, 0.15) is 0 Å². The third-order valence-corrected chi connectivity index (χ3v) is 3.85. The molecule has 20 heavy (non-hydrogen) atoms. The molecule has 0 aliphatic rings. The van der Waals surface area contributed by atoms with Crippen LogP contribution in [0.25, 0.3) is 0 Å². The van der Waals surface area contributed by atoms with Gasteiger partial charge < -0.3 is 4.90 Å². The van der Waals surface area contributed by atoms with E-state index in [1.54, 1.807) is 6.21 Å². The van der Waals surface area contributed by atoms with Gasteiger partial charge in [0.15, 0.2) is 4.32 Å². The number of rotatable bonds is 7. The number of hydrogen-bond acceptors (Lipinski definition) is 4. The molecule has 0 aliphatic carbocycles. The third kappa shape index (κ3) is 5.92. The van der Waals surface area contributed by atoms with E-state index in [0.29, 0.717) is 4.32 Å². The maximum Gasteiger partial charge on any atom is 0.153 e. The van der Waals surface area contributed by atoms with Crippen molar-refractivity contribution in [3.8, 4) is 0 Å². The Kier molecular flexibility index (Phi) is 8.30. The molecule has 1 rings (SSSR count). The summed E-state index contributed by atoms with van der Waals surface area (Å²) >= 11 is 6.49. The molecule has 110 valence electrons. The predicted octanol–water partition coefficient (Wildman–Crippen LogP) is 3.88. The first-order chi connectivity index (χ1) is 9.71. The fraction of sp³-hybridized carbons (Fsp3) is 0.467. The summed E-state index contributed by atoms with van der Waals surface area (Å²) in [5.74, 6) is 0. The molecule has 5 heteroatoms. The van der Waals surface area contributed by atoms with Crippen molar-refractivity contribution < 1.29 is 0 Å². The first kappa shape index (κ1) is 17.0. The van der Waals surface area contributed by atoms with Crippen LogP contribution in [-0.2, 0) is 0 Å². The molecule has 0 heterocycles. The summed E-state index contributed by atoms with van der Waals surface area (Å²) in [5.41, 5.74) is 5.16. The smallest absolute Gasteiger partial charge is 0.153 e. The van der Waals surface area contributed by atoms with Crippen molar-refractivity contribution >= 4 is 40.2 Å². The van der Waals surface area contributed by atoms with Gasteiger partial charge in [0.25, 0.3) is 0 Å². The normalized spacial score (nSPS) is 10.8. The summed E-state index contributed by atoms with van der Waals surface area (Å²) in [5, 5.41) is 4.11. The van der Waals surface area contributed by atoms with Crippen LogP contribution in [-0.4, -0.2) is 29.9 Å². The second-order valence-electron chi connectivity index (χ2n) is 4.44. The maximum absolute atomic E-state index is 5.02. The van der Waals surface area contributed by atoms with E-state index in [0.717, 1.165) is 18.7 Å². The molecule has 0 bridgehead atoms. The Morgan fingerprint density at radius 1 is 1.25 bits per heavy atom. The van der Waals surface area contributed by atoms with Gasteiger partial charge in [0.05, 0.1) is 6.21 Å². The van der Waals surface area contributed by atoms with Crippen molar-refractivity contribution in [3.05, 3.63) is 29.8 Å². The number of nitrogens with one attached hydrogen (secondary N) is 1. The van der Waals surface area contributed by atoms with Crippen molar-refractivity contribution in [1.82, 2.24) is 5.43 Å². The highest BCUT2D eigenvalue weighted by molar-refractivity contribution is 8.22. The first-order valence-electron chi connectivity index (χ1n) is 6.93. The topological polar surface area (TPSA) is 27.6 Å². The van der Waals surface area contributed by atoms with Gasteiger partial charge in [-0.2, -0.15) is 5.10 Å². The van der Waals surface area contributed by atoms with Crippen LogP contribution in [0.3, 0.4) is 0 Å². The average molecular weight is 310 g/mol. The molecule has 0 saturated heterocycles. The van der Waals surface area contributed by atoms with E-state index in [2.05, 4.69) is 53.5 Å². The molecule has 0 saturated carbocycles. The van der Waals surface area contributed by atoms with Crippen LogP contribution in [0.2, 0.25) is 0 Å². The lowest BCUT2D eigenvalue weighted by Gasteiger charge is -2.23. The number of hydrazone groups is 1. The summed E-state index contributed by atoms with van der Waals surface area (Å²) in [6.07, 6.45) is 6.05. The van der Waals surface area contributed by atoms with Crippen molar-refractivity contribution in [2.45, 2.75) is 26.7 Å². The number of hydrogen-bond donors (Lipinski definition) is 1. The molecule has 0 spiro atoms. The molecule has 3 nitrogen and oxygen atoms in total. The van der Waals surface area contributed by atoms with Crippen molar-refractivity contribution in [1.29, 1.82) is 0 Å². The number of benzene rings is 1. The molecular formula is C15H23N3S2. The highest BCUT2D eigenvalue weighted by Crippen LogP contribution is 2.15. The van der Waals surface area contributed by atoms with E-state index < -0.39 is 0 Å². The quantitative estimate of drug-likeness (QED) is 0.470. The summed E-state index contributed by atoms with van der Waals surface area (Å²) in [6, 6.07) is 8.47. The zero-order valence-electron chi connectivity index (χ0n) is 12.4. The second kappa shape index (κ2) is 9.77. The highest BCUT2D eigenvalue weighted by atomic mass is 32.2. The molecule has 1 N–H and O–H groups in total. The SMILES string of the molecule is CCCN(CCC)c1ccc(C=NNC(=S)SC)cc1. The zero-order chi connectivity index (χ0) is 14.8. The van der Waals surface area contributed by atoms with Crippen LogP contribution in [0.1, 0.15) is 32.3 Å². The van der Waals surface area contributed by atoms with Gasteiger partial charge in [0, 0.05) is 18.8 Å². The minimum absolute atomic E-state index is 0.676. The van der Waals surface area contributed by atoms with Crippen molar-refractivity contribution in [2.75, 3.05) is 24.2 Å². The van der Waals surface area contributed by atoms with Crippen molar-refractivity contribution in [3.63, 3.8) is 0 Å². The Bertz CT molecular complexity index is 423. The van der Waals surface area contributed by atoms with E-state index in [9.17, 15) is 0 Å². The molecule has 0 amide bonds. The van der Waals surface area contributed by atoms with Gasteiger partial charge in [-0.05, 0) is 36.8 Å². The highest BCUT2D eigenvalue weighted by Gasteiger charge is 2.03. The second-order valence-corrected chi connectivity index (χ2v) is 5.92. The van der Waals surface area contributed by atoms with Gasteiger partial charge in [-0.3, -0.25) is 5.43 Å². The Balaban J connectivity index is 2.64. The Morgan fingerprint density at radius 3 is 2.35 bits per heavy atom. The van der Waals surface area contributed by atoms with E-state index in [1.807, 2.05) is 6.26 Å². The van der Waals surface area contributed by atoms with E-state index in [4.69, 9.17) is 12.2 Å². The Labute approximate surface area is 131 Å². The van der Waals surface area contributed by atoms with E-state index in [1.165, 1.54) is 30.3 Å². The number of thiocarbonyl (C=S) groups is 1. The standard InChI is InChI=1S/C15H23N3S2/c1-4-10-18(11-5-2)14-8-6-13(7-9-14)12-16-17-15(19)20-3/h6-9,12H,4-5,10-11H2,1-3H3,(H,17,19). The Hall–Kier alpha value is -1.07. The lowest BCUT2D eigenvalue weighted by molar-refractivity contribution is 0.745.